The smallest absolute Gasteiger partial charge is 0.254 e. The number of nitrogens with zero attached hydrogens (tertiary/aromatic N) is 1. The Bertz CT molecular complexity index is 771. The van der Waals surface area contributed by atoms with Gasteiger partial charge >= 0.3 is 0 Å². The Labute approximate surface area is 160 Å². The van der Waals surface area contributed by atoms with Gasteiger partial charge in [0.25, 0.3) is 5.91 Å². The Hall–Kier alpha value is -2.69. The minimum atomic E-state index is 0.102. The third-order valence-corrected chi connectivity index (χ3v) is 4.91. The van der Waals surface area contributed by atoms with Crippen LogP contribution in [0.15, 0.2) is 36.4 Å². The standard InChI is InChI=1S/C22H27NO4/c1-15-5-7-17(8-6-15)22(24)23(18-9-10-18)12-11-16-13-19(25-2)21(27-4)20(14-16)26-3/h5-8,13-14,18H,9-12H2,1-4H3. The van der Waals surface area contributed by atoms with Gasteiger partial charge in [0.05, 0.1) is 21.3 Å². The number of amides is 1. The molecule has 1 saturated carbocycles. The van der Waals surface area contributed by atoms with Crippen molar-refractivity contribution in [2.75, 3.05) is 27.9 Å². The van der Waals surface area contributed by atoms with Crippen LogP contribution in [0.2, 0.25) is 0 Å². The second-order valence-corrected chi connectivity index (χ2v) is 6.88. The predicted octanol–water partition coefficient (Wildman–Crippen LogP) is 3.87. The number of benzene rings is 2. The van der Waals surface area contributed by atoms with E-state index in [0.717, 1.165) is 36.0 Å². The van der Waals surface area contributed by atoms with Crippen molar-refractivity contribution in [1.82, 2.24) is 4.90 Å². The van der Waals surface area contributed by atoms with E-state index in [9.17, 15) is 4.79 Å². The Balaban J connectivity index is 1.77. The molecule has 0 saturated heterocycles. The molecule has 5 heteroatoms. The van der Waals surface area contributed by atoms with E-state index in [4.69, 9.17) is 14.2 Å². The Morgan fingerprint density at radius 2 is 1.59 bits per heavy atom. The topological polar surface area (TPSA) is 48.0 Å². The van der Waals surface area contributed by atoms with Crippen molar-refractivity contribution in [3.05, 3.63) is 53.1 Å². The van der Waals surface area contributed by atoms with Crippen molar-refractivity contribution in [3.63, 3.8) is 0 Å². The molecule has 0 aliphatic heterocycles. The summed E-state index contributed by atoms with van der Waals surface area (Å²) in [5, 5.41) is 0. The molecule has 1 aliphatic carbocycles. The molecule has 0 N–H and O–H groups in total. The van der Waals surface area contributed by atoms with Gasteiger partial charge in [-0.05, 0) is 56.0 Å². The molecular weight excluding hydrogens is 342 g/mol. The maximum absolute atomic E-state index is 13.0. The first kappa shape index (κ1) is 19.1. The summed E-state index contributed by atoms with van der Waals surface area (Å²) in [5.74, 6) is 1.95. The van der Waals surface area contributed by atoms with Crippen LogP contribution in [-0.4, -0.2) is 44.7 Å². The van der Waals surface area contributed by atoms with Crippen molar-refractivity contribution in [2.24, 2.45) is 0 Å². The van der Waals surface area contributed by atoms with Gasteiger partial charge in [-0.15, -0.1) is 0 Å². The molecule has 1 fully saturated rings. The zero-order valence-corrected chi connectivity index (χ0v) is 16.5. The number of aryl methyl sites for hydroxylation is 1. The van der Waals surface area contributed by atoms with E-state index in [1.165, 1.54) is 0 Å². The Kier molecular flexibility index (Phi) is 5.89. The second kappa shape index (κ2) is 8.33. The molecule has 0 unspecified atom stereocenters. The van der Waals surface area contributed by atoms with Crippen LogP contribution in [0.25, 0.3) is 0 Å². The first-order valence-corrected chi connectivity index (χ1v) is 9.24. The van der Waals surface area contributed by atoms with E-state index >= 15 is 0 Å². The van der Waals surface area contributed by atoms with Gasteiger partial charge in [-0.1, -0.05) is 17.7 Å². The fraction of sp³-hybridized carbons (Fsp3) is 0.409. The summed E-state index contributed by atoms with van der Waals surface area (Å²) in [7, 11) is 4.81. The summed E-state index contributed by atoms with van der Waals surface area (Å²) in [5.41, 5.74) is 2.95. The van der Waals surface area contributed by atoms with Gasteiger partial charge in [0.15, 0.2) is 11.5 Å². The SMILES string of the molecule is COc1cc(CCN(C(=O)c2ccc(C)cc2)C2CC2)cc(OC)c1OC. The van der Waals surface area contributed by atoms with Crippen LogP contribution in [0.4, 0.5) is 0 Å². The largest absolute Gasteiger partial charge is 0.493 e. The molecule has 27 heavy (non-hydrogen) atoms. The molecular formula is C22H27NO4. The maximum atomic E-state index is 13.0. The van der Waals surface area contributed by atoms with Crippen molar-refractivity contribution >= 4 is 5.91 Å². The molecule has 0 radical (unpaired) electrons. The van der Waals surface area contributed by atoms with Gasteiger partial charge in [-0.2, -0.15) is 0 Å². The minimum absolute atomic E-state index is 0.102. The van der Waals surface area contributed by atoms with E-state index < -0.39 is 0 Å². The number of carbonyl (C=O) groups excluding carboxylic acids is 1. The van der Waals surface area contributed by atoms with Crippen LogP contribution in [0.1, 0.15) is 34.3 Å². The summed E-state index contributed by atoms with van der Waals surface area (Å²) in [4.78, 5) is 15.0. The van der Waals surface area contributed by atoms with Crippen molar-refractivity contribution in [3.8, 4) is 17.2 Å². The quantitative estimate of drug-likeness (QED) is 0.709. The minimum Gasteiger partial charge on any atom is -0.493 e. The molecule has 0 atom stereocenters. The second-order valence-electron chi connectivity index (χ2n) is 6.88. The van der Waals surface area contributed by atoms with Crippen LogP contribution < -0.4 is 14.2 Å². The Morgan fingerprint density at radius 1 is 1.00 bits per heavy atom. The summed E-state index contributed by atoms with van der Waals surface area (Å²) in [6, 6.07) is 12.0. The molecule has 2 aromatic carbocycles. The van der Waals surface area contributed by atoms with E-state index in [0.29, 0.717) is 29.8 Å². The zero-order chi connectivity index (χ0) is 19.4. The summed E-state index contributed by atoms with van der Waals surface area (Å²) < 4.78 is 16.2. The van der Waals surface area contributed by atoms with Crippen LogP contribution in [0, 0.1) is 6.92 Å². The number of ether oxygens (including phenoxy) is 3. The lowest BCUT2D eigenvalue weighted by Gasteiger charge is -2.23. The molecule has 5 nitrogen and oxygen atoms in total. The lowest BCUT2D eigenvalue weighted by molar-refractivity contribution is 0.0745. The average molecular weight is 369 g/mol. The zero-order valence-electron chi connectivity index (χ0n) is 16.5. The molecule has 0 spiro atoms. The fourth-order valence-corrected chi connectivity index (χ4v) is 3.23. The number of rotatable bonds is 8. The summed E-state index contributed by atoms with van der Waals surface area (Å²) in [6.45, 7) is 2.69. The molecule has 0 aromatic heterocycles. The van der Waals surface area contributed by atoms with E-state index in [-0.39, 0.29) is 5.91 Å². The average Bonchev–Trinajstić information content (AvgIpc) is 3.52. The highest BCUT2D eigenvalue weighted by atomic mass is 16.5. The van der Waals surface area contributed by atoms with Crippen LogP contribution in [0.5, 0.6) is 17.2 Å². The third-order valence-electron chi connectivity index (χ3n) is 4.91. The number of methoxy groups -OCH3 is 3. The van der Waals surface area contributed by atoms with Gasteiger partial charge in [0.1, 0.15) is 0 Å². The molecule has 2 aromatic rings. The Morgan fingerprint density at radius 3 is 2.07 bits per heavy atom. The van der Waals surface area contributed by atoms with Gasteiger partial charge in [0, 0.05) is 18.2 Å². The first-order chi connectivity index (χ1) is 13.1. The van der Waals surface area contributed by atoms with Crippen molar-refractivity contribution < 1.29 is 19.0 Å². The lowest BCUT2D eigenvalue weighted by Crippen LogP contribution is -2.34. The predicted molar refractivity (Wildman–Crippen MR) is 105 cm³/mol. The van der Waals surface area contributed by atoms with Crippen molar-refractivity contribution in [2.45, 2.75) is 32.2 Å². The van der Waals surface area contributed by atoms with Gasteiger partial charge < -0.3 is 19.1 Å². The number of hydrogen-bond acceptors (Lipinski definition) is 4. The van der Waals surface area contributed by atoms with Gasteiger partial charge in [0.2, 0.25) is 5.75 Å². The van der Waals surface area contributed by atoms with E-state index in [1.807, 2.05) is 48.2 Å². The molecule has 0 bridgehead atoms. The first-order valence-electron chi connectivity index (χ1n) is 9.24. The number of hydrogen-bond donors (Lipinski definition) is 0. The maximum Gasteiger partial charge on any atom is 0.254 e. The van der Waals surface area contributed by atoms with Crippen LogP contribution in [-0.2, 0) is 6.42 Å². The fourth-order valence-electron chi connectivity index (χ4n) is 3.23. The summed E-state index contributed by atoms with van der Waals surface area (Å²) >= 11 is 0. The van der Waals surface area contributed by atoms with E-state index in [1.54, 1.807) is 21.3 Å². The van der Waals surface area contributed by atoms with E-state index in [2.05, 4.69) is 0 Å². The highest BCUT2D eigenvalue weighted by Crippen LogP contribution is 2.38. The third kappa shape index (κ3) is 4.35. The normalized spacial score (nSPS) is 13.2. The van der Waals surface area contributed by atoms with Crippen LogP contribution in [0.3, 0.4) is 0 Å². The number of carbonyl (C=O) groups is 1. The molecule has 144 valence electrons. The van der Waals surface area contributed by atoms with Crippen molar-refractivity contribution in [1.29, 1.82) is 0 Å². The highest BCUT2D eigenvalue weighted by molar-refractivity contribution is 5.94. The summed E-state index contributed by atoms with van der Waals surface area (Å²) in [6.07, 6.45) is 2.88. The lowest BCUT2D eigenvalue weighted by atomic mass is 10.1. The molecule has 3 rings (SSSR count). The van der Waals surface area contributed by atoms with Crippen LogP contribution >= 0.6 is 0 Å². The molecule has 1 amide bonds. The van der Waals surface area contributed by atoms with Gasteiger partial charge in [-0.25, -0.2) is 0 Å². The molecule has 0 heterocycles. The molecule has 1 aliphatic rings. The van der Waals surface area contributed by atoms with Gasteiger partial charge in [-0.3, -0.25) is 4.79 Å². The monoisotopic (exact) mass is 369 g/mol. The highest BCUT2D eigenvalue weighted by Gasteiger charge is 2.32.